The van der Waals surface area contributed by atoms with Gasteiger partial charge in [-0.15, -0.1) is 0 Å². The number of hydrogen-bond donors (Lipinski definition) is 1. The van der Waals surface area contributed by atoms with E-state index < -0.39 is 5.97 Å². The van der Waals surface area contributed by atoms with Crippen LogP contribution in [0, 0.1) is 11.3 Å². The van der Waals surface area contributed by atoms with Crippen molar-refractivity contribution in [2.45, 2.75) is 13.0 Å². The van der Waals surface area contributed by atoms with E-state index in [2.05, 4.69) is 6.07 Å². The zero-order valence-corrected chi connectivity index (χ0v) is 10.3. The van der Waals surface area contributed by atoms with Crippen LogP contribution in [0.4, 0.5) is 0 Å². The Morgan fingerprint density at radius 1 is 1.50 bits per heavy atom. The molecule has 0 aliphatic carbocycles. The third-order valence-electron chi connectivity index (χ3n) is 2.51. The molecule has 18 heavy (non-hydrogen) atoms. The van der Waals surface area contributed by atoms with E-state index >= 15 is 0 Å². The molecule has 4 nitrogen and oxygen atoms in total. The summed E-state index contributed by atoms with van der Waals surface area (Å²) < 4.78 is 0. The fraction of sp³-hybridized carbons (Fsp3) is 0.286. The lowest BCUT2D eigenvalue weighted by atomic mass is 10.1. The summed E-state index contributed by atoms with van der Waals surface area (Å²) in [6, 6.07) is 9.75. The van der Waals surface area contributed by atoms with Crippen LogP contribution in [0.1, 0.15) is 17.5 Å². The molecule has 0 radical (unpaired) electrons. The van der Waals surface area contributed by atoms with Crippen LogP contribution in [0.3, 0.4) is 0 Å². The Morgan fingerprint density at radius 2 is 2.22 bits per heavy atom. The topological polar surface area (TPSA) is 64.3 Å². The van der Waals surface area contributed by atoms with Gasteiger partial charge < -0.3 is 10.0 Å². The van der Waals surface area contributed by atoms with Gasteiger partial charge in [0.05, 0.1) is 6.07 Å². The molecular weight excluding hydrogens is 228 g/mol. The molecule has 0 amide bonds. The molecule has 4 heteroatoms. The highest BCUT2D eigenvalue weighted by Gasteiger charge is 2.03. The van der Waals surface area contributed by atoms with E-state index in [1.165, 1.54) is 0 Å². The molecule has 1 rings (SSSR count). The molecule has 0 aliphatic heterocycles. The lowest BCUT2D eigenvalue weighted by Crippen LogP contribution is -2.19. The third-order valence-corrected chi connectivity index (χ3v) is 2.51. The van der Waals surface area contributed by atoms with Crippen LogP contribution in [0.15, 0.2) is 30.3 Å². The first-order valence-electron chi connectivity index (χ1n) is 5.68. The van der Waals surface area contributed by atoms with Gasteiger partial charge in [-0.05, 0) is 24.3 Å². The van der Waals surface area contributed by atoms with E-state index in [-0.39, 0.29) is 0 Å². The van der Waals surface area contributed by atoms with Crippen molar-refractivity contribution in [1.82, 2.24) is 4.90 Å². The van der Waals surface area contributed by atoms with Gasteiger partial charge in [-0.1, -0.05) is 24.3 Å². The molecule has 0 unspecified atom stereocenters. The third kappa shape index (κ3) is 4.81. The molecule has 94 valence electrons. The summed E-state index contributed by atoms with van der Waals surface area (Å²) in [4.78, 5) is 12.6. The van der Waals surface area contributed by atoms with Crippen molar-refractivity contribution in [3.63, 3.8) is 0 Å². The van der Waals surface area contributed by atoms with E-state index in [1.54, 1.807) is 6.08 Å². The van der Waals surface area contributed by atoms with Gasteiger partial charge in [0.2, 0.25) is 0 Å². The fourth-order valence-corrected chi connectivity index (χ4v) is 1.61. The second-order valence-corrected chi connectivity index (χ2v) is 4.02. The highest BCUT2D eigenvalue weighted by Crippen LogP contribution is 2.13. The van der Waals surface area contributed by atoms with Gasteiger partial charge in [-0.2, -0.15) is 5.26 Å². The van der Waals surface area contributed by atoms with Crippen molar-refractivity contribution < 1.29 is 9.90 Å². The molecule has 0 atom stereocenters. The number of nitriles is 1. The zero-order chi connectivity index (χ0) is 13.4. The normalized spacial score (nSPS) is 10.7. The molecule has 0 aliphatic rings. The lowest BCUT2D eigenvalue weighted by molar-refractivity contribution is -0.131. The van der Waals surface area contributed by atoms with Crippen molar-refractivity contribution in [2.24, 2.45) is 0 Å². The van der Waals surface area contributed by atoms with Gasteiger partial charge in [0.15, 0.2) is 0 Å². The standard InChI is InChI=1S/C14H16N2O2/c1-16(10-4-9-15)11-13-6-3-2-5-12(13)7-8-14(17)18/h2-3,5-8H,4,10-11H2,1H3,(H,17,18)/b8-7+. The quantitative estimate of drug-likeness (QED) is 0.778. The predicted molar refractivity (Wildman–Crippen MR) is 69.7 cm³/mol. The summed E-state index contributed by atoms with van der Waals surface area (Å²) in [6.45, 7) is 1.40. The number of rotatable bonds is 6. The number of nitrogens with zero attached hydrogens (tertiary/aromatic N) is 2. The average Bonchev–Trinajstić information content (AvgIpc) is 2.35. The van der Waals surface area contributed by atoms with Crippen LogP contribution in [0.2, 0.25) is 0 Å². The predicted octanol–water partition coefficient (Wildman–Crippen LogP) is 2.13. The molecule has 1 aromatic carbocycles. The Kier molecular flexibility index (Phi) is 5.62. The molecule has 0 saturated carbocycles. The summed E-state index contributed by atoms with van der Waals surface area (Å²) in [5.41, 5.74) is 1.94. The molecule has 0 bridgehead atoms. The molecule has 0 spiro atoms. The second kappa shape index (κ2) is 7.25. The average molecular weight is 244 g/mol. The Balaban J connectivity index is 2.76. The van der Waals surface area contributed by atoms with Gasteiger partial charge in [-0.25, -0.2) is 4.79 Å². The number of hydrogen-bond acceptors (Lipinski definition) is 3. The van der Waals surface area contributed by atoms with Crippen molar-refractivity contribution in [3.05, 3.63) is 41.5 Å². The van der Waals surface area contributed by atoms with Crippen LogP contribution in [-0.4, -0.2) is 29.6 Å². The van der Waals surface area contributed by atoms with Gasteiger partial charge >= 0.3 is 5.97 Å². The maximum atomic E-state index is 10.5. The van der Waals surface area contributed by atoms with Crippen molar-refractivity contribution in [1.29, 1.82) is 5.26 Å². The van der Waals surface area contributed by atoms with Gasteiger partial charge in [0, 0.05) is 25.6 Å². The molecule has 1 aromatic rings. The van der Waals surface area contributed by atoms with Crippen LogP contribution in [-0.2, 0) is 11.3 Å². The van der Waals surface area contributed by atoms with Crippen molar-refractivity contribution in [2.75, 3.05) is 13.6 Å². The Morgan fingerprint density at radius 3 is 2.89 bits per heavy atom. The number of aliphatic carboxylic acids is 1. The molecule has 0 aromatic heterocycles. The van der Waals surface area contributed by atoms with E-state index in [0.29, 0.717) is 19.5 Å². The first kappa shape index (κ1) is 13.9. The minimum absolute atomic E-state index is 0.490. The minimum atomic E-state index is -0.956. The molecule has 1 N–H and O–H groups in total. The highest BCUT2D eigenvalue weighted by molar-refractivity contribution is 5.85. The smallest absolute Gasteiger partial charge is 0.328 e. The van der Waals surface area contributed by atoms with Crippen LogP contribution >= 0.6 is 0 Å². The summed E-state index contributed by atoms with van der Waals surface area (Å²) in [6.07, 6.45) is 3.22. The van der Waals surface area contributed by atoms with Gasteiger partial charge in [0.1, 0.15) is 0 Å². The molecule has 0 heterocycles. The van der Waals surface area contributed by atoms with Gasteiger partial charge in [-0.3, -0.25) is 0 Å². The number of carboxylic acid groups (broad SMARTS) is 1. The van der Waals surface area contributed by atoms with Crippen LogP contribution in [0.25, 0.3) is 6.08 Å². The van der Waals surface area contributed by atoms with E-state index in [9.17, 15) is 4.79 Å². The zero-order valence-electron chi connectivity index (χ0n) is 10.3. The Hall–Kier alpha value is -2.12. The SMILES string of the molecule is CN(CCC#N)Cc1ccccc1/C=C/C(=O)O. The van der Waals surface area contributed by atoms with Gasteiger partial charge in [0.25, 0.3) is 0 Å². The van der Waals surface area contributed by atoms with Crippen LogP contribution in [0.5, 0.6) is 0 Å². The monoisotopic (exact) mass is 244 g/mol. The minimum Gasteiger partial charge on any atom is -0.478 e. The maximum Gasteiger partial charge on any atom is 0.328 e. The number of benzene rings is 1. The van der Waals surface area contributed by atoms with E-state index in [0.717, 1.165) is 17.2 Å². The molecular formula is C14H16N2O2. The molecule has 0 fully saturated rings. The number of carboxylic acids is 1. The fourth-order valence-electron chi connectivity index (χ4n) is 1.61. The summed E-state index contributed by atoms with van der Waals surface area (Å²) in [5.74, 6) is -0.956. The summed E-state index contributed by atoms with van der Waals surface area (Å²) in [5, 5.41) is 17.2. The number of carbonyl (C=O) groups is 1. The maximum absolute atomic E-state index is 10.5. The second-order valence-electron chi connectivity index (χ2n) is 4.02. The van der Waals surface area contributed by atoms with E-state index in [4.69, 9.17) is 10.4 Å². The first-order chi connectivity index (χ1) is 8.63. The largest absolute Gasteiger partial charge is 0.478 e. The Labute approximate surface area is 107 Å². The Bertz CT molecular complexity index is 475. The van der Waals surface area contributed by atoms with Crippen molar-refractivity contribution >= 4 is 12.0 Å². The first-order valence-corrected chi connectivity index (χ1v) is 5.68. The lowest BCUT2D eigenvalue weighted by Gasteiger charge is -2.16. The summed E-state index contributed by atoms with van der Waals surface area (Å²) in [7, 11) is 1.94. The van der Waals surface area contributed by atoms with E-state index in [1.807, 2.05) is 36.2 Å². The van der Waals surface area contributed by atoms with Crippen LogP contribution < -0.4 is 0 Å². The highest BCUT2D eigenvalue weighted by atomic mass is 16.4. The summed E-state index contributed by atoms with van der Waals surface area (Å²) >= 11 is 0. The van der Waals surface area contributed by atoms with Crippen molar-refractivity contribution in [3.8, 4) is 6.07 Å². The molecule has 0 saturated heterocycles.